The maximum Gasteiger partial charge on any atom is 0.163 e. The highest BCUT2D eigenvalue weighted by atomic mass is 16.6. The molecule has 0 fully saturated rings. The molecule has 1 aliphatic heterocycles. The highest BCUT2D eigenvalue weighted by Gasteiger charge is 2.17. The number of rotatable bonds is 2. The summed E-state index contributed by atoms with van der Waals surface area (Å²) < 4.78 is 13.4. The van der Waals surface area contributed by atoms with Gasteiger partial charge in [0.1, 0.15) is 19.0 Å². The first-order valence-corrected chi connectivity index (χ1v) is 7.32. The lowest BCUT2D eigenvalue weighted by Crippen LogP contribution is -2.15. The van der Waals surface area contributed by atoms with Gasteiger partial charge in [0.15, 0.2) is 11.5 Å². The highest BCUT2D eigenvalue weighted by Crippen LogP contribution is 2.35. The molecule has 0 saturated carbocycles. The van der Waals surface area contributed by atoms with Gasteiger partial charge in [-0.2, -0.15) is 0 Å². The van der Waals surface area contributed by atoms with Gasteiger partial charge in [-0.15, -0.1) is 0 Å². The molecule has 3 aromatic rings. The molecule has 2 N–H and O–H groups in total. The van der Waals surface area contributed by atoms with Crippen LogP contribution >= 0.6 is 0 Å². The molecule has 2 aromatic carbocycles. The van der Waals surface area contributed by atoms with E-state index in [1.54, 1.807) is 0 Å². The third-order valence-corrected chi connectivity index (χ3v) is 3.99. The molecule has 1 aromatic heterocycles. The monoisotopic (exact) mass is 295 g/mol. The lowest BCUT2D eigenvalue weighted by Gasteiger charge is -2.18. The van der Waals surface area contributed by atoms with E-state index in [1.165, 1.54) is 0 Å². The van der Waals surface area contributed by atoms with Crippen LogP contribution in [0.1, 0.15) is 5.56 Å². The van der Waals surface area contributed by atoms with Crippen LogP contribution in [-0.2, 0) is 13.6 Å². The Balaban J connectivity index is 1.85. The Bertz CT molecular complexity index is 837. The number of fused-ring (bicyclic) bond motifs is 2. The molecule has 0 aliphatic carbocycles. The van der Waals surface area contributed by atoms with Crippen molar-refractivity contribution in [2.75, 3.05) is 13.2 Å². The van der Waals surface area contributed by atoms with Crippen molar-refractivity contribution in [2.24, 2.45) is 12.8 Å². The molecular formula is C17H17N3O2. The summed E-state index contributed by atoms with van der Waals surface area (Å²) in [4.78, 5) is 4.74. The number of hydrogen-bond donors (Lipinski definition) is 1. The van der Waals surface area contributed by atoms with Crippen LogP contribution in [0.2, 0.25) is 0 Å². The van der Waals surface area contributed by atoms with E-state index < -0.39 is 0 Å². The van der Waals surface area contributed by atoms with Crippen molar-refractivity contribution in [2.45, 2.75) is 6.54 Å². The Hall–Kier alpha value is -2.53. The zero-order valence-electron chi connectivity index (χ0n) is 12.4. The van der Waals surface area contributed by atoms with Crippen molar-refractivity contribution < 1.29 is 9.47 Å². The van der Waals surface area contributed by atoms with Crippen LogP contribution in [0.15, 0.2) is 36.4 Å². The van der Waals surface area contributed by atoms with Crippen LogP contribution in [-0.4, -0.2) is 22.8 Å². The largest absolute Gasteiger partial charge is 0.486 e. The van der Waals surface area contributed by atoms with Crippen molar-refractivity contribution in [3.63, 3.8) is 0 Å². The van der Waals surface area contributed by atoms with Crippen LogP contribution in [0.5, 0.6) is 11.5 Å². The predicted octanol–water partition coefficient (Wildman–Crippen LogP) is 2.47. The summed E-state index contributed by atoms with van der Waals surface area (Å²) in [6.07, 6.45) is 0. The second-order valence-electron chi connectivity index (χ2n) is 5.38. The quantitative estimate of drug-likeness (QED) is 0.789. The van der Waals surface area contributed by atoms with E-state index in [0.717, 1.165) is 39.5 Å². The zero-order chi connectivity index (χ0) is 15.1. The molecular weight excluding hydrogens is 278 g/mol. The number of benzene rings is 2. The molecule has 2 heterocycles. The zero-order valence-corrected chi connectivity index (χ0v) is 12.4. The molecule has 0 atom stereocenters. The van der Waals surface area contributed by atoms with Crippen molar-refractivity contribution in [1.29, 1.82) is 0 Å². The fraction of sp³-hybridized carbons (Fsp3) is 0.235. The van der Waals surface area contributed by atoms with Gasteiger partial charge < -0.3 is 19.8 Å². The van der Waals surface area contributed by atoms with Gasteiger partial charge in [0.05, 0.1) is 11.0 Å². The summed E-state index contributed by atoms with van der Waals surface area (Å²) in [6.45, 7) is 1.72. The molecule has 0 saturated heterocycles. The van der Waals surface area contributed by atoms with E-state index in [9.17, 15) is 0 Å². The third-order valence-electron chi connectivity index (χ3n) is 3.99. The molecule has 0 spiro atoms. The number of aryl methyl sites for hydroxylation is 1. The molecule has 0 amide bonds. The highest BCUT2D eigenvalue weighted by molar-refractivity contribution is 5.84. The van der Waals surface area contributed by atoms with Gasteiger partial charge >= 0.3 is 0 Å². The molecule has 1 aliphatic rings. The van der Waals surface area contributed by atoms with Gasteiger partial charge in [-0.1, -0.05) is 24.3 Å². The number of nitrogens with zero attached hydrogens (tertiary/aromatic N) is 2. The average molecular weight is 295 g/mol. The summed E-state index contributed by atoms with van der Waals surface area (Å²) in [7, 11) is 2.01. The lowest BCUT2D eigenvalue weighted by atomic mass is 10.1. The predicted molar refractivity (Wildman–Crippen MR) is 85.0 cm³/mol. The van der Waals surface area contributed by atoms with Gasteiger partial charge in [-0.05, 0) is 5.56 Å². The minimum Gasteiger partial charge on any atom is -0.486 e. The Morgan fingerprint density at radius 1 is 1.09 bits per heavy atom. The summed E-state index contributed by atoms with van der Waals surface area (Å²) in [6, 6.07) is 12.1. The van der Waals surface area contributed by atoms with Crippen LogP contribution in [0, 0.1) is 0 Å². The van der Waals surface area contributed by atoms with Crippen LogP contribution < -0.4 is 15.2 Å². The van der Waals surface area contributed by atoms with Crippen LogP contribution in [0.4, 0.5) is 0 Å². The summed E-state index contributed by atoms with van der Waals surface area (Å²) in [5.41, 5.74) is 9.76. The first-order valence-electron chi connectivity index (χ1n) is 7.32. The molecule has 5 heteroatoms. The maximum atomic E-state index is 5.65. The van der Waals surface area contributed by atoms with E-state index in [2.05, 4.69) is 16.7 Å². The van der Waals surface area contributed by atoms with E-state index in [-0.39, 0.29) is 0 Å². The Labute approximate surface area is 128 Å². The molecule has 0 radical (unpaired) electrons. The first-order chi connectivity index (χ1) is 10.8. The van der Waals surface area contributed by atoms with E-state index in [0.29, 0.717) is 19.8 Å². The van der Waals surface area contributed by atoms with Crippen molar-refractivity contribution in [3.05, 3.63) is 42.0 Å². The van der Waals surface area contributed by atoms with Gasteiger partial charge in [0.2, 0.25) is 0 Å². The van der Waals surface area contributed by atoms with Gasteiger partial charge in [0.25, 0.3) is 0 Å². The van der Waals surface area contributed by atoms with Crippen molar-refractivity contribution in [3.8, 4) is 22.9 Å². The standard InChI is InChI=1S/C17H17N3O2/c1-20-14-9-16-15(21-6-7-22-16)8-13(14)19-17(20)12-4-2-11(10-18)3-5-12/h2-5,8-9H,6-7,10,18H2,1H3. The molecule has 22 heavy (non-hydrogen) atoms. The molecule has 0 bridgehead atoms. The van der Waals surface area contributed by atoms with Gasteiger partial charge in [0, 0.05) is 31.3 Å². The van der Waals surface area contributed by atoms with E-state index in [4.69, 9.17) is 20.2 Å². The number of imidazole rings is 1. The van der Waals surface area contributed by atoms with Gasteiger partial charge in [-0.3, -0.25) is 0 Å². The first kappa shape index (κ1) is 13.2. The molecule has 5 nitrogen and oxygen atoms in total. The number of ether oxygens (including phenoxy) is 2. The van der Waals surface area contributed by atoms with Gasteiger partial charge in [-0.25, -0.2) is 4.98 Å². The van der Waals surface area contributed by atoms with E-state index >= 15 is 0 Å². The number of aromatic nitrogens is 2. The summed E-state index contributed by atoms with van der Waals surface area (Å²) >= 11 is 0. The van der Waals surface area contributed by atoms with Crippen LogP contribution in [0.3, 0.4) is 0 Å². The third kappa shape index (κ3) is 2.02. The smallest absolute Gasteiger partial charge is 0.163 e. The Morgan fingerprint density at radius 3 is 2.45 bits per heavy atom. The number of hydrogen-bond acceptors (Lipinski definition) is 4. The summed E-state index contributed by atoms with van der Waals surface area (Å²) in [5.74, 6) is 2.47. The van der Waals surface area contributed by atoms with Crippen LogP contribution in [0.25, 0.3) is 22.4 Å². The Morgan fingerprint density at radius 2 is 1.77 bits per heavy atom. The maximum absolute atomic E-state index is 5.65. The normalized spacial score (nSPS) is 13.5. The van der Waals surface area contributed by atoms with Crippen molar-refractivity contribution >= 4 is 11.0 Å². The fourth-order valence-corrected chi connectivity index (χ4v) is 2.78. The minimum absolute atomic E-state index is 0.546. The second kappa shape index (κ2) is 5.03. The number of nitrogens with two attached hydrogens (primary N) is 1. The SMILES string of the molecule is Cn1c(-c2ccc(CN)cc2)nc2cc3c(cc21)OCCO3. The molecule has 4 rings (SSSR count). The summed E-state index contributed by atoms with van der Waals surface area (Å²) in [5, 5.41) is 0. The lowest BCUT2D eigenvalue weighted by molar-refractivity contribution is 0.172. The Kier molecular flexibility index (Phi) is 3.01. The fourth-order valence-electron chi connectivity index (χ4n) is 2.78. The topological polar surface area (TPSA) is 62.3 Å². The minimum atomic E-state index is 0.546. The molecule has 0 unspecified atom stereocenters. The average Bonchev–Trinajstić information content (AvgIpc) is 2.89. The molecule has 112 valence electrons. The van der Waals surface area contributed by atoms with E-state index in [1.807, 2.05) is 31.3 Å². The van der Waals surface area contributed by atoms with Crippen molar-refractivity contribution in [1.82, 2.24) is 9.55 Å². The second-order valence-corrected chi connectivity index (χ2v) is 5.38.